The molecule has 1 fully saturated rings. The van der Waals surface area contributed by atoms with E-state index in [0.717, 1.165) is 5.75 Å². The van der Waals surface area contributed by atoms with Gasteiger partial charge in [0.2, 0.25) is 0 Å². The van der Waals surface area contributed by atoms with Gasteiger partial charge in [0.05, 0.1) is 13.2 Å². The summed E-state index contributed by atoms with van der Waals surface area (Å²) in [6, 6.07) is 6.05. The zero-order valence-electron chi connectivity index (χ0n) is 13.4. The smallest absolute Gasteiger partial charge is 0.263 e. The molecule has 0 radical (unpaired) electrons. The molecule has 1 heterocycles. The van der Waals surface area contributed by atoms with Crippen molar-refractivity contribution in [2.75, 3.05) is 26.3 Å². The molecule has 1 aliphatic heterocycles. The van der Waals surface area contributed by atoms with Crippen LogP contribution in [0.25, 0.3) is 0 Å². The summed E-state index contributed by atoms with van der Waals surface area (Å²) in [5.74, 6) is 1.28. The van der Waals surface area contributed by atoms with Crippen LogP contribution in [0, 0.1) is 6.92 Å². The number of carbonyl (C=O) groups is 1. The van der Waals surface area contributed by atoms with Crippen molar-refractivity contribution < 1.29 is 14.3 Å². The zero-order chi connectivity index (χ0) is 15.4. The lowest BCUT2D eigenvalue weighted by molar-refractivity contribution is -0.142. The van der Waals surface area contributed by atoms with Crippen molar-refractivity contribution in [3.8, 4) is 5.75 Å². The van der Waals surface area contributed by atoms with Gasteiger partial charge in [0.15, 0.2) is 6.10 Å². The van der Waals surface area contributed by atoms with Crippen molar-refractivity contribution in [3.05, 3.63) is 29.3 Å². The quantitative estimate of drug-likeness (QED) is 0.856. The van der Waals surface area contributed by atoms with E-state index in [1.807, 2.05) is 24.0 Å². The molecule has 4 nitrogen and oxygen atoms in total. The van der Waals surface area contributed by atoms with E-state index in [0.29, 0.717) is 32.2 Å². The molecule has 4 heteroatoms. The molecule has 0 spiro atoms. The van der Waals surface area contributed by atoms with Gasteiger partial charge in [0.1, 0.15) is 5.75 Å². The Morgan fingerprint density at radius 3 is 2.48 bits per heavy atom. The molecule has 116 valence electrons. The third-order valence-corrected chi connectivity index (χ3v) is 3.85. The molecule has 1 saturated heterocycles. The minimum absolute atomic E-state index is 0.0314. The van der Waals surface area contributed by atoms with Crippen LogP contribution in [0.4, 0.5) is 0 Å². The first kappa shape index (κ1) is 15.8. The summed E-state index contributed by atoms with van der Waals surface area (Å²) in [4.78, 5) is 14.1. The lowest BCUT2D eigenvalue weighted by Gasteiger charge is -2.29. The van der Waals surface area contributed by atoms with Gasteiger partial charge < -0.3 is 14.4 Å². The first-order valence-corrected chi connectivity index (χ1v) is 7.62. The van der Waals surface area contributed by atoms with Gasteiger partial charge in [0.25, 0.3) is 5.91 Å². The van der Waals surface area contributed by atoms with Crippen LogP contribution in [0.2, 0.25) is 0 Å². The number of hydrogen-bond acceptors (Lipinski definition) is 3. The summed E-state index contributed by atoms with van der Waals surface area (Å²) in [7, 11) is 0. The van der Waals surface area contributed by atoms with E-state index in [-0.39, 0.29) is 5.91 Å². The molecule has 0 aliphatic carbocycles. The number of amides is 1. The summed E-state index contributed by atoms with van der Waals surface area (Å²) in [6.07, 6.45) is -0.465. The van der Waals surface area contributed by atoms with Gasteiger partial charge in [-0.15, -0.1) is 0 Å². The van der Waals surface area contributed by atoms with Gasteiger partial charge in [-0.05, 0) is 43.0 Å². The van der Waals surface area contributed by atoms with Crippen molar-refractivity contribution in [2.24, 2.45) is 0 Å². The molecule has 21 heavy (non-hydrogen) atoms. The van der Waals surface area contributed by atoms with Crippen LogP contribution in [-0.2, 0) is 9.53 Å². The van der Waals surface area contributed by atoms with E-state index >= 15 is 0 Å². The van der Waals surface area contributed by atoms with E-state index in [9.17, 15) is 4.79 Å². The Labute approximate surface area is 127 Å². The van der Waals surface area contributed by atoms with Gasteiger partial charge in [-0.2, -0.15) is 0 Å². The predicted molar refractivity (Wildman–Crippen MR) is 82.8 cm³/mol. The van der Waals surface area contributed by atoms with E-state index in [4.69, 9.17) is 9.47 Å². The van der Waals surface area contributed by atoms with Crippen LogP contribution in [0.5, 0.6) is 5.75 Å². The summed E-state index contributed by atoms with van der Waals surface area (Å²) in [5, 5.41) is 0. The summed E-state index contributed by atoms with van der Waals surface area (Å²) in [6.45, 7) is 10.8. The molecular formula is C17H25NO3. The van der Waals surface area contributed by atoms with E-state index in [1.54, 1.807) is 0 Å². The highest BCUT2D eigenvalue weighted by atomic mass is 16.5. The summed E-state index contributed by atoms with van der Waals surface area (Å²) >= 11 is 0. The largest absolute Gasteiger partial charge is 0.481 e. The fraction of sp³-hybridized carbons (Fsp3) is 0.588. The average molecular weight is 291 g/mol. The Morgan fingerprint density at radius 1 is 1.24 bits per heavy atom. The number of benzene rings is 1. The molecular weight excluding hydrogens is 266 g/mol. The number of ether oxygens (including phenoxy) is 2. The Bertz CT molecular complexity index is 493. The number of rotatable bonds is 4. The number of aryl methyl sites for hydroxylation is 1. The zero-order valence-corrected chi connectivity index (χ0v) is 13.4. The molecule has 2 rings (SSSR count). The maximum Gasteiger partial charge on any atom is 0.263 e. The highest BCUT2D eigenvalue weighted by molar-refractivity contribution is 5.81. The summed E-state index contributed by atoms with van der Waals surface area (Å²) in [5.41, 5.74) is 2.52. The monoisotopic (exact) mass is 291 g/mol. The number of nitrogens with zero attached hydrogens (tertiary/aromatic N) is 1. The third kappa shape index (κ3) is 3.97. The highest BCUT2D eigenvalue weighted by Crippen LogP contribution is 2.24. The van der Waals surface area contributed by atoms with Crippen molar-refractivity contribution >= 4 is 5.91 Å². The van der Waals surface area contributed by atoms with E-state index in [2.05, 4.69) is 26.8 Å². The van der Waals surface area contributed by atoms with Gasteiger partial charge in [0, 0.05) is 13.1 Å². The Balaban J connectivity index is 2.00. The van der Waals surface area contributed by atoms with Gasteiger partial charge in [-0.25, -0.2) is 0 Å². The molecule has 0 saturated carbocycles. The first-order chi connectivity index (χ1) is 9.99. The fourth-order valence-electron chi connectivity index (χ4n) is 2.66. The lowest BCUT2D eigenvalue weighted by Crippen LogP contribution is -2.46. The average Bonchev–Trinajstić information content (AvgIpc) is 2.47. The normalized spacial score (nSPS) is 16.9. The SMILES string of the molecule is Cc1cc(OC(C)C(=O)N2CCOCC2)ccc1C(C)C. The van der Waals surface area contributed by atoms with Crippen LogP contribution < -0.4 is 4.74 Å². The van der Waals surface area contributed by atoms with Crippen molar-refractivity contribution in [1.29, 1.82) is 0 Å². The van der Waals surface area contributed by atoms with Crippen LogP contribution in [0.1, 0.15) is 37.8 Å². The number of carbonyl (C=O) groups excluding carboxylic acids is 1. The van der Waals surface area contributed by atoms with Crippen molar-refractivity contribution in [1.82, 2.24) is 4.90 Å². The van der Waals surface area contributed by atoms with Gasteiger partial charge >= 0.3 is 0 Å². The Kier molecular flexibility index (Phi) is 5.23. The third-order valence-electron chi connectivity index (χ3n) is 3.85. The van der Waals surface area contributed by atoms with Crippen molar-refractivity contribution in [2.45, 2.75) is 39.7 Å². The van der Waals surface area contributed by atoms with E-state index in [1.165, 1.54) is 11.1 Å². The Morgan fingerprint density at radius 2 is 1.90 bits per heavy atom. The van der Waals surface area contributed by atoms with Crippen LogP contribution in [0.15, 0.2) is 18.2 Å². The minimum Gasteiger partial charge on any atom is -0.481 e. The molecule has 0 N–H and O–H groups in total. The Hall–Kier alpha value is -1.55. The lowest BCUT2D eigenvalue weighted by atomic mass is 9.98. The minimum atomic E-state index is -0.465. The van der Waals surface area contributed by atoms with E-state index < -0.39 is 6.10 Å². The second-order valence-corrected chi connectivity index (χ2v) is 5.87. The standard InChI is InChI=1S/C17H25NO3/c1-12(2)16-6-5-15(11-13(16)3)21-14(4)17(19)18-7-9-20-10-8-18/h5-6,11-12,14H,7-10H2,1-4H3. The predicted octanol–water partition coefficient (Wildman–Crippen LogP) is 2.74. The van der Waals surface area contributed by atoms with Crippen LogP contribution in [-0.4, -0.2) is 43.2 Å². The fourth-order valence-corrected chi connectivity index (χ4v) is 2.66. The van der Waals surface area contributed by atoms with Gasteiger partial charge in [-0.3, -0.25) is 4.79 Å². The second-order valence-electron chi connectivity index (χ2n) is 5.87. The molecule has 1 atom stereocenters. The molecule has 1 aromatic carbocycles. The first-order valence-electron chi connectivity index (χ1n) is 7.62. The van der Waals surface area contributed by atoms with Crippen LogP contribution in [0.3, 0.4) is 0 Å². The molecule has 0 bridgehead atoms. The second kappa shape index (κ2) is 6.94. The topological polar surface area (TPSA) is 38.8 Å². The molecule has 0 aromatic heterocycles. The highest BCUT2D eigenvalue weighted by Gasteiger charge is 2.23. The van der Waals surface area contributed by atoms with Crippen molar-refractivity contribution in [3.63, 3.8) is 0 Å². The number of hydrogen-bond donors (Lipinski definition) is 0. The van der Waals surface area contributed by atoms with Gasteiger partial charge in [-0.1, -0.05) is 19.9 Å². The maximum atomic E-state index is 12.3. The molecule has 1 aromatic rings. The molecule has 1 amide bonds. The number of morpholine rings is 1. The maximum absolute atomic E-state index is 12.3. The summed E-state index contributed by atoms with van der Waals surface area (Å²) < 4.78 is 11.1. The molecule has 1 unspecified atom stereocenters. The van der Waals surface area contributed by atoms with Crippen LogP contribution >= 0.6 is 0 Å². The molecule has 1 aliphatic rings.